The molecule has 4 N–H and O–H groups in total. The van der Waals surface area contributed by atoms with Crippen molar-refractivity contribution < 1.29 is 13.5 Å². The van der Waals surface area contributed by atoms with Crippen molar-refractivity contribution in [2.45, 2.75) is 39.2 Å². The summed E-state index contributed by atoms with van der Waals surface area (Å²) in [7, 11) is 0. The lowest BCUT2D eigenvalue weighted by atomic mass is 9.96. The van der Waals surface area contributed by atoms with E-state index in [-0.39, 0.29) is 11.6 Å². The average Bonchev–Trinajstić information content (AvgIpc) is 3.55. The molecule has 2 aromatic heterocycles. The lowest BCUT2D eigenvalue weighted by Gasteiger charge is -2.22. The number of hydrogen-bond acceptors (Lipinski definition) is 7. The monoisotopic (exact) mass is 447 g/mol. The van der Waals surface area contributed by atoms with Crippen molar-refractivity contribution in [2.75, 3.05) is 12.3 Å². The van der Waals surface area contributed by atoms with Crippen LogP contribution in [-0.4, -0.2) is 22.7 Å². The van der Waals surface area contributed by atoms with E-state index in [4.69, 9.17) is 20.3 Å². The highest BCUT2D eigenvalue weighted by molar-refractivity contribution is 5.90. The number of benzene rings is 1. The molecule has 0 saturated heterocycles. The number of nitrogen functional groups attached to an aromatic ring is 1. The highest BCUT2D eigenvalue weighted by Gasteiger charge is 2.26. The molecule has 2 aliphatic rings. The first-order chi connectivity index (χ1) is 15.9. The van der Waals surface area contributed by atoms with E-state index < -0.39 is 6.10 Å². The predicted octanol–water partition coefficient (Wildman–Crippen LogP) is 4.82. The summed E-state index contributed by atoms with van der Waals surface area (Å²) in [4.78, 5) is 8.95. The molecule has 3 heterocycles. The molecule has 1 fully saturated rings. The fraction of sp³-hybridized carbons (Fsp3) is 0.320. The number of aromatic nitrogens is 2. The Morgan fingerprint density at radius 2 is 2.12 bits per heavy atom. The maximum Gasteiger partial charge on any atom is 0.192 e. The van der Waals surface area contributed by atoms with Gasteiger partial charge in [-0.2, -0.15) is 0 Å². The Labute approximate surface area is 191 Å². The van der Waals surface area contributed by atoms with Gasteiger partial charge < -0.3 is 25.6 Å². The number of nitrogens with one attached hydrogen (secondary N) is 2. The van der Waals surface area contributed by atoms with Gasteiger partial charge in [0.2, 0.25) is 0 Å². The molecule has 0 radical (unpaired) electrons. The van der Waals surface area contributed by atoms with Gasteiger partial charge in [0, 0.05) is 54.7 Å². The van der Waals surface area contributed by atoms with Crippen LogP contribution in [0.2, 0.25) is 0 Å². The maximum absolute atomic E-state index is 14.2. The van der Waals surface area contributed by atoms with E-state index in [9.17, 15) is 4.39 Å². The average molecular weight is 448 g/mol. The zero-order valence-corrected chi connectivity index (χ0v) is 18.6. The number of pyridine rings is 1. The van der Waals surface area contributed by atoms with Crippen LogP contribution in [0.5, 0.6) is 5.75 Å². The summed E-state index contributed by atoms with van der Waals surface area (Å²) in [6, 6.07) is 6.34. The summed E-state index contributed by atoms with van der Waals surface area (Å²) in [5, 5.41) is 11.7. The molecule has 1 aliphatic carbocycles. The van der Waals surface area contributed by atoms with E-state index in [0.717, 1.165) is 23.4 Å². The summed E-state index contributed by atoms with van der Waals surface area (Å²) >= 11 is 0. The minimum absolute atomic E-state index is 0.245. The number of rotatable bonds is 4. The van der Waals surface area contributed by atoms with Crippen molar-refractivity contribution in [3.05, 3.63) is 64.6 Å². The molecule has 1 aromatic carbocycles. The predicted molar refractivity (Wildman–Crippen MR) is 124 cm³/mol. The van der Waals surface area contributed by atoms with Gasteiger partial charge in [0.15, 0.2) is 23.2 Å². The molecule has 33 heavy (non-hydrogen) atoms. The van der Waals surface area contributed by atoms with Crippen LogP contribution in [0.25, 0.3) is 17.0 Å². The van der Waals surface area contributed by atoms with Gasteiger partial charge in [0.05, 0.1) is 5.69 Å². The third-order valence-corrected chi connectivity index (χ3v) is 6.09. The Kier molecular flexibility index (Phi) is 5.36. The lowest BCUT2D eigenvalue weighted by Crippen LogP contribution is -2.19. The largest absolute Gasteiger partial charge is 0.482 e. The van der Waals surface area contributed by atoms with Crippen molar-refractivity contribution >= 4 is 17.7 Å². The van der Waals surface area contributed by atoms with Gasteiger partial charge in [-0.05, 0) is 55.5 Å². The normalized spacial score (nSPS) is 20.0. The van der Waals surface area contributed by atoms with Crippen LogP contribution in [0, 0.1) is 24.1 Å². The van der Waals surface area contributed by atoms with Crippen molar-refractivity contribution in [1.82, 2.24) is 15.3 Å². The fourth-order valence-corrected chi connectivity index (χ4v) is 4.18. The quantitative estimate of drug-likeness (QED) is 0.495. The van der Waals surface area contributed by atoms with E-state index in [2.05, 4.69) is 15.3 Å². The topological polar surface area (TPSA) is 110 Å². The summed E-state index contributed by atoms with van der Waals surface area (Å²) in [5.41, 5.74) is 10.4. The molecule has 1 saturated carbocycles. The molecular formula is C25H26FN5O2. The lowest BCUT2D eigenvalue weighted by molar-refractivity contribution is 0.227. The van der Waals surface area contributed by atoms with Gasteiger partial charge in [-0.1, -0.05) is 0 Å². The van der Waals surface area contributed by atoms with E-state index in [0.29, 0.717) is 46.6 Å². The summed E-state index contributed by atoms with van der Waals surface area (Å²) in [6.45, 7) is 4.43. The molecule has 7 nitrogen and oxygen atoms in total. The van der Waals surface area contributed by atoms with Crippen LogP contribution in [0.15, 0.2) is 40.5 Å². The van der Waals surface area contributed by atoms with E-state index in [1.165, 1.54) is 31.2 Å². The van der Waals surface area contributed by atoms with Crippen molar-refractivity contribution in [3.8, 4) is 17.1 Å². The van der Waals surface area contributed by atoms with E-state index in [1.54, 1.807) is 19.2 Å². The number of allylic oxidation sites excluding steroid dienone is 1. The summed E-state index contributed by atoms with van der Waals surface area (Å²) in [6.07, 6.45) is 5.26. The van der Waals surface area contributed by atoms with E-state index in [1.807, 2.05) is 13.0 Å². The summed E-state index contributed by atoms with van der Waals surface area (Å²) < 4.78 is 26.4. The summed E-state index contributed by atoms with van der Waals surface area (Å²) in [5.74, 6) is 1.96. The molecule has 1 aliphatic heterocycles. The van der Waals surface area contributed by atoms with Gasteiger partial charge in [0.25, 0.3) is 0 Å². The minimum atomic E-state index is -0.526. The first-order valence-electron chi connectivity index (χ1n) is 11.1. The van der Waals surface area contributed by atoms with Gasteiger partial charge >= 0.3 is 0 Å². The number of aryl methyl sites for hydroxylation is 1. The second-order valence-electron chi connectivity index (χ2n) is 8.65. The molecule has 1 atom stereocenters. The van der Waals surface area contributed by atoms with Crippen molar-refractivity contribution in [3.63, 3.8) is 0 Å². The standard InChI is InChI=1S/C25H26FN5O2/c1-13-20-9-18(26)5-6-19(20)24-21(31-14(2)33-24)7-16(10-27)23(29-11-15-3-4-15)17-8-22(32-13)25(28)30-12-17/h5-6,8-10,12-13,15,27,29H,3-4,7,11H2,1-2H3,(H2,28,30)/b23-16-,27-10?/t13-/m1/s1. The number of halogens is 1. The van der Waals surface area contributed by atoms with Gasteiger partial charge in [-0.15, -0.1) is 0 Å². The van der Waals surface area contributed by atoms with Crippen LogP contribution in [0.3, 0.4) is 0 Å². The van der Waals surface area contributed by atoms with Gasteiger partial charge in [-0.25, -0.2) is 14.4 Å². The number of nitrogens with two attached hydrogens (primary N) is 1. The SMILES string of the molecule is Cc1nc2c(o1)-c1ccc(F)cc1[C@@H](C)Oc1cc(cnc1N)/C(NCC1CC1)=C(/C=N)C2. The molecule has 170 valence electrons. The zero-order valence-electron chi connectivity index (χ0n) is 18.6. The van der Waals surface area contributed by atoms with Crippen LogP contribution < -0.4 is 15.8 Å². The highest BCUT2D eigenvalue weighted by atomic mass is 19.1. The Hall–Kier alpha value is -3.68. The molecule has 2 bridgehead atoms. The first-order valence-corrected chi connectivity index (χ1v) is 11.1. The highest BCUT2D eigenvalue weighted by Crippen LogP contribution is 2.38. The Bertz CT molecular complexity index is 1260. The Morgan fingerprint density at radius 1 is 1.30 bits per heavy atom. The maximum atomic E-state index is 14.2. The van der Waals surface area contributed by atoms with E-state index >= 15 is 0 Å². The zero-order chi connectivity index (χ0) is 23.1. The van der Waals surface area contributed by atoms with Crippen molar-refractivity contribution in [2.24, 2.45) is 5.92 Å². The van der Waals surface area contributed by atoms with Crippen LogP contribution in [0.4, 0.5) is 10.2 Å². The fourth-order valence-electron chi connectivity index (χ4n) is 4.18. The molecule has 8 heteroatoms. The van der Waals surface area contributed by atoms with Crippen molar-refractivity contribution in [1.29, 1.82) is 5.41 Å². The first kappa shape index (κ1) is 21.2. The molecule has 0 spiro atoms. The minimum Gasteiger partial charge on any atom is -0.482 e. The third kappa shape index (κ3) is 4.20. The van der Waals surface area contributed by atoms with Gasteiger partial charge in [0.1, 0.15) is 11.9 Å². The number of fused-ring (bicyclic) bond motifs is 5. The second kappa shape index (κ2) is 8.35. The molecule has 0 amide bonds. The van der Waals surface area contributed by atoms with Crippen LogP contribution >= 0.6 is 0 Å². The molecular weight excluding hydrogens is 421 g/mol. The number of ether oxygens (including phenoxy) is 1. The Morgan fingerprint density at radius 3 is 2.88 bits per heavy atom. The number of nitrogens with zero attached hydrogens (tertiary/aromatic N) is 2. The van der Waals surface area contributed by atoms with Gasteiger partial charge in [-0.3, -0.25) is 0 Å². The van der Waals surface area contributed by atoms with Crippen LogP contribution in [-0.2, 0) is 6.42 Å². The molecule has 3 aromatic rings. The van der Waals surface area contributed by atoms with Crippen LogP contribution in [0.1, 0.15) is 48.6 Å². The number of hydrogen-bond donors (Lipinski definition) is 3. The third-order valence-electron chi connectivity index (χ3n) is 6.09. The second-order valence-corrected chi connectivity index (χ2v) is 8.65. The molecule has 5 rings (SSSR count). The Balaban J connectivity index is 1.73. The number of oxazole rings is 1. The smallest absolute Gasteiger partial charge is 0.192 e. The number of anilines is 1. The molecule has 0 unspecified atom stereocenters.